The predicted molar refractivity (Wildman–Crippen MR) is 63.0 cm³/mol. The van der Waals surface area contributed by atoms with Crippen LogP contribution in [0.25, 0.3) is 0 Å². The van der Waals surface area contributed by atoms with Gasteiger partial charge in [0.1, 0.15) is 0 Å². The Bertz CT molecular complexity index is 461. The second-order valence-electron chi connectivity index (χ2n) is 3.52. The normalized spacial score (nSPS) is 14.1. The van der Waals surface area contributed by atoms with Crippen LogP contribution in [-0.4, -0.2) is 23.1 Å². The SMILES string of the molecule is O=C1Cc2cc([N+](=O)[O-])ccc2N1CCS. The van der Waals surface area contributed by atoms with E-state index in [-0.39, 0.29) is 18.0 Å². The second-order valence-corrected chi connectivity index (χ2v) is 3.96. The quantitative estimate of drug-likeness (QED) is 0.492. The molecule has 0 N–H and O–H groups in total. The van der Waals surface area contributed by atoms with E-state index in [1.54, 1.807) is 11.0 Å². The summed E-state index contributed by atoms with van der Waals surface area (Å²) in [5.41, 5.74) is 1.52. The number of amides is 1. The van der Waals surface area contributed by atoms with Gasteiger partial charge in [0.25, 0.3) is 5.69 Å². The number of benzene rings is 1. The van der Waals surface area contributed by atoms with Crippen LogP contribution >= 0.6 is 12.6 Å². The average Bonchev–Trinajstić information content (AvgIpc) is 2.55. The van der Waals surface area contributed by atoms with Crippen LogP contribution in [-0.2, 0) is 11.2 Å². The summed E-state index contributed by atoms with van der Waals surface area (Å²) in [5.74, 6) is 0.548. The number of nitrogens with zero attached hydrogens (tertiary/aromatic N) is 2. The maximum atomic E-state index is 11.6. The van der Waals surface area contributed by atoms with Crippen molar-refractivity contribution in [1.82, 2.24) is 0 Å². The Morgan fingerprint density at radius 2 is 2.25 bits per heavy atom. The number of rotatable bonds is 3. The van der Waals surface area contributed by atoms with E-state index in [9.17, 15) is 14.9 Å². The third-order valence-electron chi connectivity index (χ3n) is 2.53. The molecule has 2 rings (SSSR count). The number of non-ortho nitro benzene ring substituents is 1. The smallest absolute Gasteiger partial charge is 0.269 e. The van der Waals surface area contributed by atoms with Crippen LogP contribution in [0.2, 0.25) is 0 Å². The molecule has 1 amide bonds. The molecule has 6 heteroatoms. The van der Waals surface area contributed by atoms with E-state index in [1.807, 2.05) is 0 Å². The van der Waals surface area contributed by atoms with Crippen LogP contribution < -0.4 is 4.90 Å². The van der Waals surface area contributed by atoms with Crippen LogP contribution in [0.1, 0.15) is 5.56 Å². The summed E-state index contributed by atoms with van der Waals surface area (Å²) < 4.78 is 0. The molecule has 0 aromatic heterocycles. The van der Waals surface area contributed by atoms with E-state index < -0.39 is 4.92 Å². The number of anilines is 1. The Hall–Kier alpha value is -1.56. The molecule has 0 saturated heterocycles. The molecule has 0 unspecified atom stereocenters. The Morgan fingerprint density at radius 1 is 1.50 bits per heavy atom. The second kappa shape index (κ2) is 4.13. The fourth-order valence-corrected chi connectivity index (χ4v) is 2.03. The van der Waals surface area contributed by atoms with Crippen molar-refractivity contribution in [2.24, 2.45) is 0 Å². The molecule has 1 heterocycles. The van der Waals surface area contributed by atoms with E-state index in [0.717, 1.165) is 11.3 Å². The molecule has 5 nitrogen and oxygen atoms in total. The number of nitro benzene ring substituents is 1. The molecule has 0 atom stereocenters. The fraction of sp³-hybridized carbons (Fsp3) is 0.300. The van der Waals surface area contributed by atoms with Gasteiger partial charge in [-0.3, -0.25) is 14.9 Å². The zero-order chi connectivity index (χ0) is 11.7. The number of carbonyl (C=O) groups is 1. The van der Waals surface area contributed by atoms with Gasteiger partial charge in [0.15, 0.2) is 0 Å². The summed E-state index contributed by atoms with van der Waals surface area (Å²) in [7, 11) is 0. The van der Waals surface area contributed by atoms with Crippen molar-refractivity contribution in [2.75, 3.05) is 17.2 Å². The zero-order valence-electron chi connectivity index (χ0n) is 8.42. The van der Waals surface area contributed by atoms with E-state index in [2.05, 4.69) is 12.6 Å². The molecule has 0 bridgehead atoms. The summed E-state index contributed by atoms with van der Waals surface area (Å²) in [4.78, 5) is 23.4. The van der Waals surface area contributed by atoms with Crippen molar-refractivity contribution >= 4 is 29.9 Å². The lowest BCUT2D eigenvalue weighted by atomic mass is 10.1. The van der Waals surface area contributed by atoms with E-state index >= 15 is 0 Å². The number of hydrogen-bond acceptors (Lipinski definition) is 4. The summed E-state index contributed by atoms with van der Waals surface area (Å²) in [5, 5.41) is 10.6. The van der Waals surface area contributed by atoms with E-state index in [1.165, 1.54) is 12.1 Å². The van der Waals surface area contributed by atoms with Gasteiger partial charge in [-0.2, -0.15) is 12.6 Å². The van der Waals surface area contributed by atoms with Gasteiger partial charge in [-0.05, 0) is 11.6 Å². The van der Waals surface area contributed by atoms with Crippen molar-refractivity contribution in [2.45, 2.75) is 6.42 Å². The third kappa shape index (κ3) is 1.76. The van der Waals surface area contributed by atoms with Crippen LogP contribution in [0.15, 0.2) is 18.2 Å². The highest BCUT2D eigenvalue weighted by Crippen LogP contribution is 2.31. The first-order valence-electron chi connectivity index (χ1n) is 4.82. The Balaban J connectivity index is 2.38. The minimum Gasteiger partial charge on any atom is -0.311 e. The van der Waals surface area contributed by atoms with Crippen molar-refractivity contribution in [3.63, 3.8) is 0 Å². The number of nitro groups is 1. The van der Waals surface area contributed by atoms with Crippen LogP contribution in [0.4, 0.5) is 11.4 Å². The molecule has 16 heavy (non-hydrogen) atoms. The lowest BCUT2D eigenvalue weighted by Crippen LogP contribution is -2.28. The summed E-state index contributed by atoms with van der Waals surface area (Å²) >= 11 is 4.08. The van der Waals surface area contributed by atoms with Gasteiger partial charge >= 0.3 is 0 Å². The molecule has 0 spiro atoms. The monoisotopic (exact) mass is 238 g/mol. The van der Waals surface area contributed by atoms with E-state index in [0.29, 0.717) is 12.3 Å². The molecule has 0 saturated carbocycles. The Labute approximate surface area is 97.6 Å². The minimum absolute atomic E-state index is 0.0236. The zero-order valence-corrected chi connectivity index (χ0v) is 9.31. The first kappa shape index (κ1) is 10.9. The van der Waals surface area contributed by atoms with Crippen LogP contribution in [0.3, 0.4) is 0 Å². The summed E-state index contributed by atoms with van der Waals surface area (Å²) in [6, 6.07) is 4.51. The Kier molecular flexibility index (Phi) is 2.82. The molecule has 0 fully saturated rings. The van der Waals surface area contributed by atoms with Crippen molar-refractivity contribution < 1.29 is 9.72 Å². The highest BCUT2D eigenvalue weighted by Gasteiger charge is 2.27. The number of hydrogen-bond donors (Lipinski definition) is 1. The minimum atomic E-state index is -0.452. The first-order chi connectivity index (χ1) is 7.63. The molecule has 1 aromatic rings. The maximum Gasteiger partial charge on any atom is 0.269 e. The van der Waals surface area contributed by atoms with Crippen molar-refractivity contribution in [1.29, 1.82) is 0 Å². The molecule has 1 aliphatic rings. The van der Waals surface area contributed by atoms with E-state index in [4.69, 9.17) is 0 Å². The highest BCUT2D eigenvalue weighted by atomic mass is 32.1. The van der Waals surface area contributed by atoms with Crippen LogP contribution in [0, 0.1) is 10.1 Å². The first-order valence-corrected chi connectivity index (χ1v) is 5.45. The lowest BCUT2D eigenvalue weighted by molar-refractivity contribution is -0.384. The van der Waals surface area contributed by atoms with Crippen LogP contribution in [0.5, 0.6) is 0 Å². The molecular formula is C10H10N2O3S. The fourth-order valence-electron chi connectivity index (χ4n) is 1.83. The topological polar surface area (TPSA) is 63.4 Å². The number of thiol groups is 1. The third-order valence-corrected chi connectivity index (χ3v) is 2.73. The van der Waals surface area contributed by atoms with Gasteiger partial charge in [-0.25, -0.2) is 0 Å². The lowest BCUT2D eigenvalue weighted by Gasteiger charge is -2.15. The van der Waals surface area contributed by atoms with Gasteiger partial charge < -0.3 is 4.90 Å². The molecule has 84 valence electrons. The average molecular weight is 238 g/mol. The predicted octanol–water partition coefficient (Wildman–Crippen LogP) is 1.41. The van der Waals surface area contributed by atoms with Gasteiger partial charge in [0, 0.05) is 30.1 Å². The highest BCUT2D eigenvalue weighted by molar-refractivity contribution is 7.80. The molecule has 1 aliphatic heterocycles. The largest absolute Gasteiger partial charge is 0.311 e. The summed E-state index contributed by atoms with van der Waals surface area (Å²) in [6.45, 7) is 0.534. The molecule has 0 aliphatic carbocycles. The van der Waals surface area contributed by atoms with Gasteiger partial charge in [0.05, 0.1) is 11.3 Å². The maximum absolute atomic E-state index is 11.6. The Morgan fingerprint density at radius 3 is 2.88 bits per heavy atom. The van der Waals surface area contributed by atoms with Crippen molar-refractivity contribution in [3.8, 4) is 0 Å². The van der Waals surface area contributed by atoms with Gasteiger partial charge in [0.2, 0.25) is 5.91 Å². The number of fused-ring (bicyclic) bond motifs is 1. The van der Waals surface area contributed by atoms with Crippen molar-refractivity contribution in [3.05, 3.63) is 33.9 Å². The molecule has 1 aromatic carbocycles. The molecular weight excluding hydrogens is 228 g/mol. The van der Waals surface area contributed by atoms with Gasteiger partial charge in [-0.1, -0.05) is 0 Å². The number of carbonyl (C=O) groups excluding carboxylic acids is 1. The summed E-state index contributed by atoms with van der Waals surface area (Å²) in [6.07, 6.45) is 0.241. The van der Waals surface area contributed by atoms with Gasteiger partial charge in [-0.15, -0.1) is 0 Å². The molecule has 0 radical (unpaired) electrons. The standard InChI is InChI=1S/C10H10N2O3S/c13-10-6-7-5-8(12(14)15)1-2-9(7)11(10)3-4-16/h1-2,5,16H,3-4,6H2.